The van der Waals surface area contributed by atoms with E-state index in [9.17, 15) is 18.0 Å². The average molecular weight is 388 g/mol. The Morgan fingerprint density at radius 2 is 2.09 bits per heavy atom. The largest absolute Gasteiger partial charge is 0.464 e. The maximum atomic E-state index is 13.0. The number of nitrogens with zero attached hydrogens (tertiary/aromatic N) is 2. The summed E-state index contributed by atoms with van der Waals surface area (Å²) in [6.07, 6.45) is -3.40. The lowest BCUT2D eigenvalue weighted by molar-refractivity contribution is -0.138. The van der Waals surface area contributed by atoms with Gasteiger partial charge in [0.05, 0.1) is 23.9 Å². The van der Waals surface area contributed by atoms with Crippen molar-refractivity contribution in [1.29, 1.82) is 5.26 Å². The third kappa shape index (κ3) is 3.03. The first kappa shape index (κ1) is 16.9. The molecule has 2 N–H and O–H groups in total. The highest BCUT2D eigenvalue weighted by Crippen LogP contribution is 2.36. The van der Waals surface area contributed by atoms with Crippen molar-refractivity contribution >= 4 is 27.6 Å². The molecule has 0 saturated carbocycles. The molecule has 0 aliphatic rings. The molecule has 0 amide bonds. The Balaban J connectivity index is 2.73. The first-order valence-corrected chi connectivity index (χ1v) is 6.86. The number of nitriles is 1. The number of rotatable bonds is 2. The Labute approximate surface area is 137 Å². The summed E-state index contributed by atoms with van der Waals surface area (Å²) in [5.74, 6) is -0.861. The van der Waals surface area contributed by atoms with E-state index in [1.165, 1.54) is 18.3 Å². The Morgan fingerprint density at radius 1 is 1.43 bits per heavy atom. The highest BCUT2D eigenvalue weighted by atomic mass is 79.9. The summed E-state index contributed by atoms with van der Waals surface area (Å²) < 4.78 is 44.6. The molecule has 0 fully saturated rings. The van der Waals surface area contributed by atoms with Crippen molar-refractivity contribution in [1.82, 2.24) is 4.57 Å². The summed E-state index contributed by atoms with van der Waals surface area (Å²) in [5.41, 5.74) is 4.40. The van der Waals surface area contributed by atoms with Crippen molar-refractivity contribution in [2.24, 2.45) is 0 Å². The second-order valence-corrected chi connectivity index (χ2v) is 5.29. The number of esters is 1. The van der Waals surface area contributed by atoms with E-state index in [1.807, 2.05) is 0 Å². The molecule has 0 atom stereocenters. The molecule has 0 spiro atoms. The number of aromatic nitrogens is 1. The highest BCUT2D eigenvalue weighted by Gasteiger charge is 2.33. The van der Waals surface area contributed by atoms with Gasteiger partial charge in [0, 0.05) is 16.4 Å². The molecule has 2 aromatic rings. The van der Waals surface area contributed by atoms with Crippen LogP contribution in [0, 0.1) is 11.3 Å². The van der Waals surface area contributed by atoms with E-state index in [4.69, 9.17) is 11.0 Å². The van der Waals surface area contributed by atoms with Crippen molar-refractivity contribution in [3.8, 4) is 11.8 Å². The average Bonchev–Trinajstić information content (AvgIpc) is 2.82. The number of carbonyl (C=O) groups excluding carboxylic acids is 1. The monoisotopic (exact) mass is 387 g/mol. The molecule has 0 unspecified atom stereocenters. The summed E-state index contributed by atoms with van der Waals surface area (Å²) in [6.45, 7) is 0. The summed E-state index contributed by atoms with van der Waals surface area (Å²) in [6, 6.07) is 5.17. The lowest BCUT2D eigenvalue weighted by atomic mass is 10.2. The molecule has 1 aromatic carbocycles. The molecule has 1 aromatic heterocycles. The topological polar surface area (TPSA) is 81.0 Å². The third-order valence-corrected chi connectivity index (χ3v) is 3.77. The molecular weight excluding hydrogens is 379 g/mol. The first-order chi connectivity index (χ1) is 10.7. The van der Waals surface area contributed by atoms with Gasteiger partial charge in [-0.15, -0.1) is 0 Å². The maximum absolute atomic E-state index is 13.0. The third-order valence-electron chi connectivity index (χ3n) is 3.08. The second kappa shape index (κ2) is 5.96. The van der Waals surface area contributed by atoms with Crippen molar-refractivity contribution in [2.45, 2.75) is 6.18 Å². The van der Waals surface area contributed by atoms with E-state index < -0.39 is 17.7 Å². The molecule has 2 rings (SSSR count). The van der Waals surface area contributed by atoms with Crippen LogP contribution in [0.15, 0.2) is 28.9 Å². The predicted molar refractivity (Wildman–Crippen MR) is 78.9 cm³/mol. The number of hydrogen-bond donors (Lipinski definition) is 1. The molecule has 0 bridgehead atoms. The van der Waals surface area contributed by atoms with Crippen LogP contribution in [0.5, 0.6) is 0 Å². The van der Waals surface area contributed by atoms with E-state index in [0.717, 1.165) is 17.7 Å². The van der Waals surface area contributed by atoms with Gasteiger partial charge in [0.15, 0.2) is 5.69 Å². The van der Waals surface area contributed by atoms with Crippen molar-refractivity contribution in [2.75, 3.05) is 12.8 Å². The van der Waals surface area contributed by atoms with E-state index in [-0.39, 0.29) is 27.1 Å². The Bertz CT molecular complexity index is 822. The maximum Gasteiger partial charge on any atom is 0.417 e. The van der Waals surface area contributed by atoms with Crippen LogP contribution < -0.4 is 5.73 Å². The minimum atomic E-state index is -4.59. The molecule has 9 heteroatoms. The number of halogens is 4. The molecule has 0 aliphatic heterocycles. The van der Waals surface area contributed by atoms with Gasteiger partial charge < -0.3 is 15.0 Å². The van der Waals surface area contributed by atoms with Crippen molar-refractivity contribution < 1.29 is 22.7 Å². The van der Waals surface area contributed by atoms with E-state index in [2.05, 4.69) is 20.7 Å². The van der Waals surface area contributed by atoms with Crippen LogP contribution in [0.1, 0.15) is 21.6 Å². The van der Waals surface area contributed by atoms with Gasteiger partial charge in [-0.25, -0.2) is 4.79 Å². The van der Waals surface area contributed by atoms with Gasteiger partial charge in [0.1, 0.15) is 6.07 Å². The van der Waals surface area contributed by atoms with Gasteiger partial charge in [0.2, 0.25) is 0 Å². The van der Waals surface area contributed by atoms with Crippen LogP contribution in [-0.2, 0) is 10.9 Å². The predicted octanol–water partition coefficient (Wildman–Crippen LogP) is 3.50. The Kier molecular flexibility index (Phi) is 4.38. The number of nitrogen functional groups attached to an aromatic ring is 1. The van der Waals surface area contributed by atoms with Gasteiger partial charge in [0.25, 0.3) is 0 Å². The van der Waals surface area contributed by atoms with Crippen molar-refractivity contribution in [3.05, 3.63) is 45.7 Å². The van der Waals surface area contributed by atoms with Gasteiger partial charge in [-0.2, -0.15) is 18.4 Å². The van der Waals surface area contributed by atoms with Gasteiger partial charge in [-0.3, -0.25) is 0 Å². The molecule has 0 radical (unpaired) electrons. The summed E-state index contributed by atoms with van der Waals surface area (Å²) in [4.78, 5) is 11.8. The Hall–Kier alpha value is -2.47. The number of nitrogens with two attached hydrogens (primary N) is 1. The minimum absolute atomic E-state index is 0.0223. The number of anilines is 1. The van der Waals surface area contributed by atoms with Crippen LogP contribution in [0.25, 0.3) is 5.69 Å². The van der Waals surface area contributed by atoms with E-state index in [1.54, 1.807) is 6.07 Å². The van der Waals surface area contributed by atoms with Crippen LogP contribution >= 0.6 is 15.9 Å². The van der Waals surface area contributed by atoms with Crippen LogP contribution in [0.4, 0.5) is 18.9 Å². The molecule has 0 saturated heterocycles. The summed E-state index contributed by atoms with van der Waals surface area (Å²) in [5, 5.41) is 9.00. The quantitative estimate of drug-likeness (QED) is 0.799. The molecule has 0 aliphatic carbocycles. The fourth-order valence-electron chi connectivity index (χ4n) is 2.00. The molecule has 5 nitrogen and oxygen atoms in total. The van der Waals surface area contributed by atoms with Crippen LogP contribution in [0.3, 0.4) is 0 Å². The number of methoxy groups -OCH3 is 1. The summed E-state index contributed by atoms with van der Waals surface area (Å²) in [7, 11) is 1.11. The number of carbonyl (C=O) groups is 1. The van der Waals surface area contributed by atoms with Gasteiger partial charge in [-0.1, -0.05) is 15.9 Å². The van der Waals surface area contributed by atoms with E-state index >= 15 is 0 Å². The van der Waals surface area contributed by atoms with E-state index in [0.29, 0.717) is 0 Å². The lowest BCUT2D eigenvalue weighted by Crippen LogP contribution is -2.12. The number of alkyl halides is 3. The highest BCUT2D eigenvalue weighted by molar-refractivity contribution is 9.10. The van der Waals surface area contributed by atoms with Crippen LogP contribution in [-0.4, -0.2) is 17.6 Å². The fourth-order valence-corrected chi connectivity index (χ4v) is 2.47. The SMILES string of the molecule is COC(=O)c1c(N)c(C#N)cn1-c1ccc(Br)c(C(F)(F)F)c1. The number of ether oxygens (including phenoxy) is 1. The fraction of sp³-hybridized carbons (Fsp3) is 0.143. The first-order valence-electron chi connectivity index (χ1n) is 6.07. The second-order valence-electron chi connectivity index (χ2n) is 4.44. The zero-order valence-electron chi connectivity index (χ0n) is 11.6. The van der Waals surface area contributed by atoms with Crippen LogP contribution in [0.2, 0.25) is 0 Å². The normalized spacial score (nSPS) is 11.1. The Morgan fingerprint density at radius 3 is 2.61 bits per heavy atom. The summed E-state index contributed by atoms with van der Waals surface area (Å²) >= 11 is 2.84. The molecular formula is C14H9BrF3N3O2. The van der Waals surface area contributed by atoms with Gasteiger partial charge in [-0.05, 0) is 18.2 Å². The van der Waals surface area contributed by atoms with Gasteiger partial charge >= 0.3 is 12.1 Å². The van der Waals surface area contributed by atoms with Crippen molar-refractivity contribution in [3.63, 3.8) is 0 Å². The zero-order valence-corrected chi connectivity index (χ0v) is 13.2. The number of benzene rings is 1. The smallest absolute Gasteiger partial charge is 0.417 e. The molecule has 23 heavy (non-hydrogen) atoms. The number of hydrogen-bond acceptors (Lipinski definition) is 4. The standard InChI is InChI=1S/C14H9BrF3N3O2/c1-23-13(22)12-11(20)7(5-19)6-21(12)8-2-3-10(15)9(4-8)14(16,17)18/h2-4,6H,20H2,1H3. The lowest BCUT2D eigenvalue weighted by Gasteiger charge is -2.13. The molecule has 120 valence electrons. The zero-order chi connectivity index (χ0) is 17.4. The minimum Gasteiger partial charge on any atom is -0.464 e. The molecule has 1 heterocycles.